The topological polar surface area (TPSA) is 64.0 Å². The molecule has 3 aromatic rings. The third kappa shape index (κ3) is 3.60. The molecule has 124 valence electrons. The van der Waals surface area contributed by atoms with Gasteiger partial charge in [0.15, 0.2) is 11.6 Å². The molecule has 1 aromatic heterocycles. The van der Waals surface area contributed by atoms with Gasteiger partial charge in [-0.25, -0.2) is 17.2 Å². The second-order valence-electron chi connectivity index (χ2n) is 5.09. The lowest BCUT2D eigenvalue weighted by atomic mass is 10.2. The van der Waals surface area contributed by atoms with Gasteiger partial charge in [0, 0.05) is 6.20 Å². The van der Waals surface area contributed by atoms with Crippen molar-refractivity contribution >= 4 is 15.7 Å². The number of nitrogens with zero attached hydrogens (tertiary/aromatic N) is 2. The first-order valence-corrected chi connectivity index (χ1v) is 8.46. The Morgan fingerprint density at radius 2 is 1.79 bits per heavy atom. The Morgan fingerprint density at radius 1 is 1.04 bits per heavy atom. The summed E-state index contributed by atoms with van der Waals surface area (Å²) in [7, 11) is -4.02. The van der Waals surface area contributed by atoms with E-state index in [4.69, 9.17) is 0 Å². The van der Waals surface area contributed by atoms with Gasteiger partial charge in [0.25, 0.3) is 10.0 Å². The van der Waals surface area contributed by atoms with E-state index >= 15 is 0 Å². The molecule has 0 saturated heterocycles. The van der Waals surface area contributed by atoms with E-state index in [2.05, 4.69) is 9.82 Å². The van der Waals surface area contributed by atoms with Crippen molar-refractivity contribution in [1.29, 1.82) is 0 Å². The summed E-state index contributed by atoms with van der Waals surface area (Å²) in [5.74, 6) is -2.33. The van der Waals surface area contributed by atoms with Gasteiger partial charge in [0.2, 0.25) is 0 Å². The predicted octanol–water partition coefficient (Wildman–Crippen LogP) is 3.01. The van der Waals surface area contributed by atoms with Crippen LogP contribution < -0.4 is 4.72 Å². The number of anilines is 1. The maximum absolute atomic E-state index is 13.2. The Kier molecular flexibility index (Phi) is 4.30. The van der Waals surface area contributed by atoms with Gasteiger partial charge in [-0.2, -0.15) is 5.10 Å². The van der Waals surface area contributed by atoms with Gasteiger partial charge in [-0.15, -0.1) is 0 Å². The van der Waals surface area contributed by atoms with Crippen LogP contribution in [0.3, 0.4) is 0 Å². The van der Waals surface area contributed by atoms with Crippen molar-refractivity contribution in [2.45, 2.75) is 11.4 Å². The molecule has 8 heteroatoms. The number of nitrogens with one attached hydrogen (secondary N) is 1. The summed E-state index contributed by atoms with van der Waals surface area (Å²) in [4.78, 5) is -0.364. The molecule has 0 amide bonds. The lowest BCUT2D eigenvalue weighted by Crippen LogP contribution is -2.13. The lowest BCUT2D eigenvalue weighted by molar-refractivity contribution is 0.504. The van der Waals surface area contributed by atoms with Gasteiger partial charge in [0.05, 0.1) is 23.3 Å². The highest BCUT2D eigenvalue weighted by atomic mass is 32.2. The molecule has 24 heavy (non-hydrogen) atoms. The molecule has 0 aliphatic carbocycles. The van der Waals surface area contributed by atoms with E-state index in [0.717, 1.165) is 17.7 Å². The van der Waals surface area contributed by atoms with E-state index in [-0.39, 0.29) is 10.6 Å². The van der Waals surface area contributed by atoms with Crippen LogP contribution in [-0.2, 0) is 16.6 Å². The molecule has 1 N–H and O–H groups in total. The number of hydrogen-bond donors (Lipinski definition) is 1. The highest BCUT2D eigenvalue weighted by molar-refractivity contribution is 7.92. The standard InChI is InChI=1S/C16H13F2N3O2S/c17-15-7-6-14(8-16(15)18)24(22,23)20-13-9-19-21(11-13)10-12-4-2-1-3-5-12/h1-9,11,20H,10H2. The smallest absolute Gasteiger partial charge is 0.262 e. The van der Waals surface area contributed by atoms with Crippen LogP contribution in [0.15, 0.2) is 65.8 Å². The van der Waals surface area contributed by atoms with E-state index < -0.39 is 21.7 Å². The fourth-order valence-electron chi connectivity index (χ4n) is 2.13. The fraction of sp³-hybridized carbons (Fsp3) is 0.0625. The predicted molar refractivity (Wildman–Crippen MR) is 84.9 cm³/mol. The number of halogens is 2. The fourth-order valence-corrected chi connectivity index (χ4v) is 3.17. The number of sulfonamides is 1. The van der Waals surface area contributed by atoms with E-state index in [9.17, 15) is 17.2 Å². The molecular formula is C16H13F2N3O2S. The van der Waals surface area contributed by atoms with Crippen molar-refractivity contribution in [1.82, 2.24) is 9.78 Å². The summed E-state index contributed by atoms with van der Waals surface area (Å²) < 4.78 is 54.4. The van der Waals surface area contributed by atoms with Crippen LogP contribution in [-0.4, -0.2) is 18.2 Å². The summed E-state index contributed by atoms with van der Waals surface area (Å²) in [6.07, 6.45) is 2.87. The molecule has 3 rings (SSSR count). The maximum atomic E-state index is 13.2. The van der Waals surface area contributed by atoms with Gasteiger partial charge in [-0.1, -0.05) is 30.3 Å². The van der Waals surface area contributed by atoms with Gasteiger partial charge in [0.1, 0.15) is 0 Å². The number of rotatable bonds is 5. The van der Waals surface area contributed by atoms with E-state index in [1.807, 2.05) is 30.3 Å². The third-order valence-electron chi connectivity index (χ3n) is 3.27. The second-order valence-corrected chi connectivity index (χ2v) is 6.78. The molecule has 0 saturated carbocycles. The van der Waals surface area contributed by atoms with E-state index in [1.54, 1.807) is 4.68 Å². The van der Waals surface area contributed by atoms with Gasteiger partial charge in [-0.05, 0) is 23.8 Å². The Balaban J connectivity index is 1.77. The summed E-state index contributed by atoms with van der Waals surface area (Å²) >= 11 is 0. The second kappa shape index (κ2) is 6.40. The maximum Gasteiger partial charge on any atom is 0.262 e. The largest absolute Gasteiger partial charge is 0.276 e. The van der Waals surface area contributed by atoms with Crippen molar-refractivity contribution in [3.05, 3.63) is 78.1 Å². The minimum atomic E-state index is -4.02. The monoisotopic (exact) mass is 349 g/mol. The number of hydrogen-bond acceptors (Lipinski definition) is 3. The molecule has 0 atom stereocenters. The van der Waals surface area contributed by atoms with E-state index in [1.165, 1.54) is 12.4 Å². The van der Waals surface area contributed by atoms with Crippen LogP contribution in [0.2, 0.25) is 0 Å². The van der Waals surface area contributed by atoms with Gasteiger partial charge >= 0.3 is 0 Å². The minimum Gasteiger partial charge on any atom is -0.276 e. The first-order valence-electron chi connectivity index (χ1n) is 6.98. The zero-order valence-corrected chi connectivity index (χ0v) is 13.2. The molecular weight excluding hydrogens is 336 g/mol. The molecule has 1 heterocycles. The van der Waals surface area contributed by atoms with Crippen molar-refractivity contribution in [3.63, 3.8) is 0 Å². The highest BCUT2D eigenvalue weighted by Gasteiger charge is 2.17. The van der Waals surface area contributed by atoms with Crippen LogP contribution in [0.5, 0.6) is 0 Å². The number of aromatic nitrogens is 2. The zero-order valence-electron chi connectivity index (χ0n) is 12.4. The van der Waals surface area contributed by atoms with Crippen LogP contribution in [0.4, 0.5) is 14.5 Å². The molecule has 2 aromatic carbocycles. The quantitative estimate of drug-likeness (QED) is 0.770. The first kappa shape index (κ1) is 16.1. The Bertz CT molecular complexity index is 956. The molecule has 0 bridgehead atoms. The average molecular weight is 349 g/mol. The summed E-state index contributed by atoms with van der Waals surface area (Å²) in [5.41, 5.74) is 1.24. The Labute approximate surface area is 137 Å². The number of benzene rings is 2. The normalized spacial score (nSPS) is 11.4. The average Bonchev–Trinajstić information content (AvgIpc) is 2.97. The molecule has 0 unspecified atom stereocenters. The lowest BCUT2D eigenvalue weighted by Gasteiger charge is -2.06. The summed E-state index contributed by atoms with van der Waals surface area (Å²) in [5, 5.41) is 4.08. The zero-order chi connectivity index (χ0) is 17.2. The van der Waals surface area contributed by atoms with Crippen molar-refractivity contribution in [2.75, 3.05) is 4.72 Å². The van der Waals surface area contributed by atoms with Crippen LogP contribution >= 0.6 is 0 Å². The molecule has 5 nitrogen and oxygen atoms in total. The van der Waals surface area contributed by atoms with Crippen LogP contribution in [0.25, 0.3) is 0 Å². The molecule has 0 spiro atoms. The van der Waals surface area contributed by atoms with E-state index in [0.29, 0.717) is 12.6 Å². The molecule has 0 aliphatic heterocycles. The first-order chi connectivity index (χ1) is 11.4. The molecule has 0 fully saturated rings. The Hall–Kier alpha value is -2.74. The van der Waals surface area contributed by atoms with Crippen molar-refractivity contribution in [3.8, 4) is 0 Å². The minimum absolute atomic E-state index is 0.232. The van der Waals surface area contributed by atoms with Gasteiger partial charge in [-0.3, -0.25) is 9.40 Å². The van der Waals surface area contributed by atoms with Crippen LogP contribution in [0, 0.1) is 11.6 Å². The molecule has 0 aliphatic rings. The highest BCUT2D eigenvalue weighted by Crippen LogP contribution is 2.18. The van der Waals surface area contributed by atoms with Crippen LogP contribution in [0.1, 0.15) is 5.56 Å². The summed E-state index contributed by atoms with van der Waals surface area (Å²) in [6, 6.07) is 11.9. The third-order valence-corrected chi connectivity index (χ3v) is 4.65. The molecule has 0 radical (unpaired) electrons. The van der Waals surface area contributed by atoms with Gasteiger partial charge < -0.3 is 0 Å². The van der Waals surface area contributed by atoms with Crippen molar-refractivity contribution in [2.24, 2.45) is 0 Å². The Morgan fingerprint density at radius 3 is 2.50 bits per heavy atom. The summed E-state index contributed by atoms with van der Waals surface area (Å²) in [6.45, 7) is 0.480. The van der Waals surface area contributed by atoms with Crippen molar-refractivity contribution < 1.29 is 17.2 Å². The SMILES string of the molecule is O=S(=O)(Nc1cnn(Cc2ccccc2)c1)c1ccc(F)c(F)c1.